The van der Waals surface area contributed by atoms with Gasteiger partial charge in [-0.1, -0.05) is 6.08 Å². The van der Waals surface area contributed by atoms with Crippen LogP contribution in [0.2, 0.25) is 0 Å². The molecule has 39 heavy (non-hydrogen) atoms. The average molecular weight is 543 g/mol. The normalized spacial score (nSPS) is 25.9. The van der Waals surface area contributed by atoms with E-state index >= 15 is 0 Å². The third-order valence-corrected chi connectivity index (χ3v) is 7.42. The van der Waals surface area contributed by atoms with Gasteiger partial charge in [-0.15, -0.1) is 6.58 Å². The first-order valence-corrected chi connectivity index (χ1v) is 12.7. The van der Waals surface area contributed by atoms with Crippen molar-refractivity contribution in [1.29, 1.82) is 0 Å². The number of fused-ring (bicyclic) bond motifs is 2. The summed E-state index contributed by atoms with van der Waals surface area (Å²) in [5.41, 5.74) is 6.11. The zero-order valence-corrected chi connectivity index (χ0v) is 23.1. The van der Waals surface area contributed by atoms with Crippen molar-refractivity contribution in [1.82, 2.24) is 9.80 Å². The standard InChI is InChI=1S/C28H38N4O7/c1-7-10-32(6)13-15-12-18(31(4)5)16-11-14-8-9-17(30(2)3)23(34)21(28(29)39)26(37)27(38)25(36)19(14)24(35)20(16)22(15)33/h7,12,14,17,27,33-34,36,38H,1,8-11,13H2,2-6H3,(H2,29,39)/b23-21-,25-19-/t14-,17+,27+/m1/s1. The first kappa shape index (κ1) is 29.9. The fourth-order valence-electron chi connectivity index (χ4n) is 5.49. The number of aliphatic hydroxyl groups excluding tert-OH is 3. The number of aromatic hydroxyl groups is 1. The van der Waals surface area contributed by atoms with Gasteiger partial charge in [0.05, 0.1) is 11.6 Å². The number of hydrogen-bond donors (Lipinski definition) is 5. The molecule has 2 aliphatic carbocycles. The number of amides is 1. The third-order valence-electron chi connectivity index (χ3n) is 7.42. The summed E-state index contributed by atoms with van der Waals surface area (Å²) in [5.74, 6) is -5.70. The molecule has 0 fully saturated rings. The van der Waals surface area contributed by atoms with E-state index in [-0.39, 0.29) is 36.1 Å². The molecule has 11 heteroatoms. The number of nitrogens with zero attached hydrogens (tertiary/aromatic N) is 3. The van der Waals surface area contributed by atoms with Gasteiger partial charge in [0.15, 0.2) is 11.9 Å². The van der Waals surface area contributed by atoms with Gasteiger partial charge in [-0.05, 0) is 58.0 Å². The first-order chi connectivity index (χ1) is 18.2. The van der Waals surface area contributed by atoms with E-state index in [4.69, 9.17) is 5.73 Å². The summed E-state index contributed by atoms with van der Waals surface area (Å²) in [7, 11) is 8.78. The Morgan fingerprint density at radius 3 is 2.28 bits per heavy atom. The molecule has 0 saturated carbocycles. The Balaban J connectivity index is 2.27. The highest BCUT2D eigenvalue weighted by atomic mass is 16.3. The molecule has 212 valence electrons. The number of allylic oxidation sites excluding steroid dienone is 1. The lowest BCUT2D eigenvalue weighted by atomic mass is 9.73. The molecule has 0 unspecified atom stereocenters. The Kier molecular flexibility index (Phi) is 8.89. The molecule has 0 radical (unpaired) electrons. The minimum atomic E-state index is -2.31. The number of rotatable bonds is 7. The second-order valence-corrected chi connectivity index (χ2v) is 10.6. The van der Waals surface area contributed by atoms with E-state index in [0.717, 1.165) is 0 Å². The van der Waals surface area contributed by atoms with Crippen LogP contribution >= 0.6 is 0 Å². The molecule has 0 saturated heterocycles. The molecule has 0 aliphatic heterocycles. The van der Waals surface area contributed by atoms with Gasteiger partial charge < -0.3 is 31.1 Å². The largest absolute Gasteiger partial charge is 0.510 e. The minimum absolute atomic E-state index is 0.00427. The van der Waals surface area contributed by atoms with Gasteiger partial charge in [-0.3, -0.25) is 24.2 Å². The fourth-order valence-corrected chi connectivity index (χ4v) is 5.49. The van der Waals surface area contributed by atoms with E-state index in [1.165, 1.54) is 0 Å². The molecule has 1 amide bonds. The molecule has 3 rings (SSSR count). The average Bonchev–Trinajstić information content (AvgIpc) is 2.83. The van der Waals surface area contributed by atoms with Crippen molar-refractivity contribution >= 4 is 23.2 Å². The Morgan fingerprint density at radius 2 is 1.74 bits per heavy atom. The van der Waals surface area contributed by atoms with Crippen molar-refractivity contribution in [2.75, 3.05) is 46.7 Å². The number of phenolic OH excluding ortho intramolecular Hbond substituents is 1. The van der Waals surface area contributed by atoms with Crippen LogP contribution in [0.5, 0.6) is 5.75 Å². The highest BCUT2D eigenvalue weighted by molar-refractivity contribution is 6.22. The van der Waals surface area contributed by atoms with E-state index in [0.29, 0.717) is 29.9 Å². The molecule has 0 spiro atoms. The van der Waals surface area contributed by atoms with Crippen LogP contribution in [-0.4, -0.2) is 102 Å². The Hall–Kier alpha value is -3.67. The van der Waals surface area contributed by atoms with Crippen LogP contribution in [-0.2, 0) is 22.6 Å². The number of primary amides is 1. The van der Waals surface area contributed by atoms with Crippen molar-refractivity contribution in [3.8, 4) is 5.75 Å². The van der Waals surface area contributed by atoms with E-state index in [1.54, 1.807) is 25.1 Å². The fraction of sp³-hybridized carbons (Fsp3) is 0.464. The number of carbonyl (C=O) groups is 3. The van der Waals surface area contributed by atoms with Crippen molar-refractivity contribution in [3.05, 3.63) is 58.1 Å². The molecule has 3 atom stereocenters. The predicted molar refractivity (Wildman–Crippen MR) is 147 cm³/mol. The molecule has 1 aromatic rings. The van der Waals surface area contributed by atoms with Crippen LogP contribution in [0, 0.1) is 5.92 Å². The maximum atomic E-state index is 14.0. The van der Waals surface area contributed by atoms with Gasteiger partial charge in [-0.25, -0.2) is 0 Å². The van der Waals surface area contributed by atoms with Crippen LogP contribution in [0.4, 0.5) is 5.69 Å². The maximum absolute atomic E-state index is 14.0. The van der Waals surface area contributed by atoms with Crippen molar-refractivity contribution in [2.24, 2.45) is 11.7 Å². The highest BCUT2D eigenvalue weighted by Crippen LogP contribution is 2.45. The first-order valence-electron chi connectivity index (χ1n) is 12.7. The topological polar surface area (TPSA) is 168 Å². The van der Waals surface area contributed by atoms with Gasteiger partial charge >= 0.3 is 0 Å². The van der Waals surface area contributed by atoms with E-state index in [2.05, 4.69) is 6.58 Å². The van der Waals surface area contributed by atoms with Crippen LogP contribution in [0.25, 0.3) is 0 Å². The zero-order valence-electron chi connectivity index (χ0n) is 23.1. The number of benzene rings is 1. The number of hydrogen-bond acceptors (Lipinski definition) is 10. The second kappa shape index (κ2) is 11.6. The number of nitrogens with two attached hydrogens (primary N) is 1. The van der Waals surface area contributed by atoms with Crippen molar-refractivity contribution in [2.45, 2.75) is 38.0 Å². The Morgan fingerprint density at radius 1 is 1.10 bits per heavy atom. The highest BCUT2D eigenvalue weighted by Gasteiger charge is 2.43. The summed E-state index contributed by atoms with van der Waals surface area (Å²) in [4.78, 5) is 44.6. The predicted octanol–water partition coefficient (Wildman–Crippen LogP) is 1.19. The Bertz CT molecular complexity index is 1260. The minimum Gasteiger partial charge on any atom is -0.510 e. The van der Waals surface area contributed by atoms with Crippen LogP contribution < -0.4 is 10.6 Å². The number of aliphatic hydroxyl groups is 3. The van der Waals surface area contributed by atoms with Gasteiger partial charge in [0.25, 0.3) is 5.91 Å². The number of carbonyl (C=O) groups excluding carboxylic acids is 3. The maximum Gasteiger partial charge on any atom is 0.255 e. The molecule has 6 N–H and O–H groups in total. The summed E-state index contributed by atoms with van der Waals surface area (Å²) in [5, 5.41) is 44.0. The number of likely N-dealkylation sites (N-methyl/N-ethyl adjacent to an activating group) is 2. The van der Waals surface area contributed by atoms with E-state index in [9.17, 15) is 34.8 Å². The quantitative estimate of drug-likeness (QED) is 0.249. The molecule has 1 aromatic carbocycles. The van der Waals surface area contributed by atoms with Crippen molar-refractivity contribution in [3.63, 3.8) is 0 Å². The molecule has 0 aromatic heterocycles. The zero-order chi connectivity index (χ0) is 29.3. The van der Waals surface area contributed by atoms with E-state index in [1.807, 2.05) is 37.0 Å². The van der Waals surface area contributed by atoms with E-state index < -0.39 is 52.6 Å². The number of phenols is 1. The van der Waals surface area contributed by atoms with Gasteiger partial charge in [0.1, 0.15) is 22.8 Å². The Labute approximate surface area is 228 Å². The smallest absolute Gasteiger partial charge is 0.255 e. The number of Topliss-reactive ketones (excluding diaryl/α,β-unsaturated/α-hetero) is 2. The summed E-state index contributed by atoms with van der Waals surface area (Å²) in [6, 6.07) is 1.01. The third kappa shape index (κ3) is 5.56. The molecule has 0 bridgehead atoms. The van der Waals surface area contributed by atoms with Crippen LogP contribution in [0.3, 0.4) is 0 Å². The van der Waals surface area contributed by atoms with Crippen LogP contribution in [0.1, 0.15) is 34.3 Å². The van der Waals surface area contributed by atoms with Crippen LogP contribution in [0.15, 0.2) is 41.4 Å². The van der Waals surface area contributed by atoms with Gasteiger partial charge in [0.2, 0.25) is 5.78 Å². The second-order valence-electron chi connectivity index (χ2n) is 10.6. The number of ketones is 2. The molecule has 0 heterocycles. The van der Waals surface area contributed by atoms with Gasteiger partial charge in [-0.2, -0.15) is 0 Å². The monoisotopic (exact) mass is 542 g/mol. The molecule has 11 nitrogen and oxygen atoms in total. The molecular formula is C28H38N4O7. The summed E-state index contributed by atoms with van der Waals surface area (Å²) < 4.78 is 0. The SMILES string of the molecule is C=CCN(C)Cc1cc(N(C)C)c2c(c1O)C(=O)/C1=C(\O)[C@H](O)C(=O)/C(C(N)=O)=C(/O)[C@@H](N(C)C)CC[C@@H]1C2. The molecule has 2 aliphatic rings. The molecular weight excluding hydrogens is 504 g/mol. The number of anilines is 1. The summed E-state index contributed by atoms with van der Waals surface area (Å²) in [6.07, 6.45) is 0.0837. The van der Waals surface area contributed by atoms with Crippen molar-refractivity contribution < 1.29 is 34.8 Å². The lowest BCUT2D eigenvalue weighted by Gasteiger charge is -2.35. The summed E-state index contributed by atoms with van der Waals surface area (Å²) in [6.45, 7) is 4.58. The lowest BCUT2D eigenvalue weighted by molar-refractivity contribution is -0.126. The summed E-state index contributed by atoms with van der Waals surface area (Å²) >= 11 is 0. The lowest BCUT2D eigenvalue weighted by Crippen LogP contribution is -2.40. The van der Waals surface area contributed by atoms with Gasteiger partial charge in [0, 0.05) is 44.0 Å².